The highest BCUT2D eigenvalue weighted by molar-refractivity contribution is 5.91. The second kappa shape index (κ2) is 7.88. The van der Waals surface area contributed by atoms with Crippen molar-refractivity contribution in [3.05, 3.63) is 29.8 Å². The summed E-state index contributed by atoms with van der Waals surface area (Å²) >= 11 is 0. The fourth-order valence-corrected chi connectivity index (χ4v) is 1.72. The zero-order valence-electron chi connectivity index (χ0n) is 11.6. The minimum atomic E-state index is 0.105. The Morgan fingerprint density at radius 1 is 1.28 bits per heavy atom. The van der Waals surface area contributed by atoms with Crippen LogP contribution in [0.15, 0.2) is 24.3 Å². The van der Waals surface area contributed by atoms with Crippen LogP contribution in [0.5, 0.6) is 0 Å². The van der Waals surface area contributed by atoms with Gasteiger partial charge in [0.15, 0.2) is 0 Å². The quantitative estimate of drug-likeness (QED) is 0.778. The molecule has 0 fully saturated rings. The lowest BCUT2D eigenvalue weighted by atomic mass is 10.0. The molecule has 0 saturated carbocycles. The van der Waals surface area contributed by atoms with Crippen LogP contribution in [0.4, 0.5) is 5.69 Å². The molecule has 1 aromatic carbocycles. The minimum Gasteiger partial charge on any atom is -0.326 e. The summed E-state index contributed by atoms with van der Waals surface area (Å²) in [7, 11) is 0. The molecule has 1 aromatic rings. The van der Waals surface area contributed by atoms with Crippen molar-refractivity contribution >= 4 is 11.6 Å². The number of hydrogen-bond donors (Lipinski definition) is 2. The van der Waals surface area contributed by atoms with E-state index in [1.54, 1.807) is 0 Å². The van der Waals surface area contributed by atoms with E-state index in [9.17, 15) is 4.79 Å². The second-order valence-corrected chi connectivity index (χ2v) is 4.70. The standard InChI is InChI=1S/C15H24N2O/c1-4-12(3)10-15(18)17-14-9-7-6-8-13(14)11-16-5-2/h6-9,12,16H,4-5,10-11H2,1-3H3,(H,17,18). The van der Waals surface area contributed by atoms with Crippen molar-refractivity contribution in [2.75, 3.05) is 11.9 Å². The first-order valence-corrected chi connectivity index (χ1v) is 6.75. The van der Waals surface area contributed by atoms with E-state index in [0.717, 1.165) is 30.8 Å². The predicted molar refractivity (Wildman–Crippen MR) is 76.5 cm³/mol. The Labute approximate surface area is 110 Å². The summed E-state index contributed by atoms with van der Waals surface area (Å²) in [5.74, 6) is 0.541. The van der Waals surface area contributed by atoms with Gasteiger partial charge >= 0.3 is 0 Å². The molecule has 3 heteroatoms. The second-order valence-electron chi connectivity index (χ2n) is 4.70. The van der Waals surface area contributed by atoms with Gasteiger partial charge in [0.2, 0.25) is 5.91 Å². The molecular weight excluding hydrogens is 224 g/mol. The summed E-state index contributed by atoms with van der Waals surface area (Å²) in [5.41, 5.74) is 2.06. The lowest BCUT2D eigenvalue weighted by Gasteiger charge is -2.13. The van der Waals surface area contributed by atoms with Crippen LogP contribution in [0.2, 0.25) is 0 Å². The van der Waals surface area contributed by atoms with Crippen LogP contribution < -0.4 is 10.6 Å². The van der Waals surface area contributed by atoms with Gasteiger partial charge in [-0.1, -0.05) is 45.4 Å². The minimum absolute atomic E-state index is 0.105. The maximum atomic E-state index is 11.9. The number of hydrogen-bond acceptors (Lipinski definition) is 2. The predicted octanol–water partition coefficient (Wildman–Crippen LogP) is 3.17. The number of amides is 1. The summed E-state index contributed by atoms with van der Waals surface area (Å²) < 4.78 is 0. The molecule has 1 unspecified atom stereocenters. The molecule has 100 valence electrons. The fraction of sp³-hybridized carbons (Fsp3) is 0.533. The van der Waals surface area contributed by atoms with E-state index in [1.807, 2.05) is 24.3 Å². The van der Waals surface area contributed by atoms with E-state index in [0.29, 0.717) is 12.3 Å². The highest BCUT2D eigenvalue weighted by Crippen LogP contribution is 2.16. The van der Waals surface area contributed by atoms with Crippen molar-refractivity contribution in [1.82, 2.24) is 5.32 Å². The first kappa shape index (κ1) is 14.7. The first-order valence-electron chi connectivity index (χ1n) is 6.75. The molecule has 1 amide bonds. The van der Waals surface area contributed by atoms with Crippen molar-refractivity contribution in [3.63, 3.8) is 0 Å². The van der Waals surface area contributed by atoms with Gasteiger partial charge in [0, 0.05) is 18.7 Å². The van der Waals surface area contributed by atoms with E-state index in [1.165, 1.54) is 0 Å². The van der Waals surface area contributed by atoms with Crippen molar-refractivity contribution in [1.29, 1.82) is 0 Å². The normalized spacial score (nSPS) is 12.2. The smallest absolute Gasteiger partial charge is 0.224 e. The Morgan fingerprint density at radius 3 is 2.67 bits per heavy atom. The number of benzene rings is 1. The third kappa shape index (κ3) is 4.88. The molecule has 1 rings (SSSR count). The van der Waals surface area contributed by atoms with Gasteiger partial charge in [-0.2, -0.15) is 0 Å². The lowest BCUT2D eigenvalue weighted by Crippen LogP contribution is -2.18. The SMILES string of the molecule is CCNCc1ccccc1NC(=O)CC(C)CC. The summed E-state index contributed by atoms with van der Waals surface area (Å²) in [6.07, 6.45) is 1.62. The van der Waals surface area contributed by atoms with Crippen LogP contribution >= 0.6 is 0 Å². The van der Waals surface area contributed by atoms with Crippen LogP contribution in [-0.2, 0) is 11.3 Å². The zero-order chi connectivity index (χ0) is 13.4. The molecule has 18 heavy (non-hydrogen) atoms. The van der Waals surface area contributed by atoms with Gasteiger partial charge in [-0.05, 0) is 24.1 Å². The Morgan fingerprint density at radius 2 is 2.00 bits per heavy atom. The van der Waals surface area contributed by atoms with Crippen LogP contribution in [0.1, 0.15) is 39.2 Å². The van der Waals surface area contributed by atoms with Crippen LogP contribution in [0.3, 0.4) is 0 Å². The molecule has 0 aliphatic carbocycles. The van der Waals surface area contributed by atoms with E-state index >= 15 is 0 Å². The van der Waals surface area contributed by atoms with Crippen LogP contribution in [-0.4, -0.2) is 12.5 Å². The highest BCUT2D eigenvalue weighted by Gasteiger charge is 2.09. The third-order valence-corrected chi connectivity index (χ3v) is 3.09. The van der Waals surface area contributed by atoms with Crippen molar-refractivity contribution in [2.24, 2.45) is 5.92 Å². The average Bonchev–Trinajstić information content (AvgIpc) is 2.37. The van der Waals surface area contributed by atoms with E-state index in [4.69, 9.17) is 0 Å². The van der Waals surface area contributed by atoms with Gasteiger partial charge < -0.3 is 10.6 Å². The van der Waals surface area contributed by atoms with Crippen LogP contribution in [0.25, 0.3) is 0 Å². The van der Waals surface area contributed by atoms with Crippen molar-refractivity contribution < 1.29 is 4.79 Å². The molecular formula is C15H24N2O. The highest BCUT2D eigenvalue weighted by atomic mass is 16.1. The Balaban J connectivity index is 2.62. The number of carbonyl (C=O) groups excluding carboxylic acids is 1. The van der Waals surface area contributed by atoms with Gasteiger partial charge in [-0.3, -0.25) is 4.79 Å². The molecule has 0 heterocycles. The van der Waals surface area contributed by atoms with Gasteiger partial charge in [-0.25, -0.2) is 0 Å². The average molecular weight is 248 g/mol. The van der Waals surface area contributed by atoms with E-state index in [-0.39, 0.29) is 5.91 Å². The van der Waals surface area contributed by atoms with Gasteiger partial charge in [-0.15, -0.1) is 0 Å². The van der Waals surface area contributed by atoms with Gasteiger partial charge in [0.1, 0.15) is 0 Å². The first-order chi connectivity index (χ1) is 8.67. The van der Waals surface area contributed by atoms with Crippen molar-refractivity contribution in [3.8, 4) is 0 Å². The molecule has 0 radical (unpaired) electrons. The molecule has 3 nitrogen and oxygen atoms in total. The summed E-state index contributed by atoms with van der Waals surface area (Å²) in [4.78, 5) is 11.9. The van der Waals surface area contributed by atoms with Crippen LogP contribution in [0, 0.1) is 5.92 Å². The maximum absolute atomic E-state index is 11.9. The summed E-state index contributed by atoms with van der Waals surface area (Å²) in [5, 5.41) is 6.28. The number of para-hydroxylation sites is 1. The molecule has 0 aromatic heterocycles. The number of anilines is 1. The number of nitrogens with one attached hydrogen (secondary N) is 2. The van der Waals surface area contributed by atoms with Gasteiger partial charge in [0.05, 0.1) is 0 Å². The zero-order valence-corrected chi connectivity index (χ0v) is 11.6. The summed E-state index contributed by atoms with van der Waals surface area (Å²) in [6, 6.07) is 7.95. The molecule has 0 aliphatic rings. The Kier molecular flexibility index (Phi) is 6.44. The largest absolute Gasteiger partial charge is 0.326 e. The molecule has 0 saturated heterocycles. The topological polar surface area (TPSA) is 41.1 Å². The van der Waals surface area contributed by atoms with Crippen molar-refractivity contribution in [2.45, 2.75) is 40.2 Å². The number of rotatable bonds is 7. The molecule has 1 atom stereocenters. The summed E-state index contributed by atoms with van der Waals surface area (Å²) in [6.45, 7) is 8.00. The van der Waals surface area contributed by atoms with E-state index < -0.39 is 0 Å². The lowest BCUT2D eigenvalue weighted by molar-refractivity contribution is -0.117. The molecule has 0 spiro atoms. The monoisotopic (exact) mass is 248 g/mol. The Bertz CT molecular complexity index is 377. The maximum Gasteiger partial charge on any atom is 0.224 e. The van der Waals surface area contributed by atoms with E-state index in [2.05, 4.69) is 31.4 Å². The number of carbonyl (C=O) groups is 1. The molecule has 0 bridgehead atoms. The van der Waals surface area contributed by atoms with Gasteiger partial charge in [0.25, 0.3) is 0 Å². The Hall–Kier alpha value is -1.35. The molecule has 0 aliphatic heterocycles. The molecule has 2 N–H and O–H groups in total. The fourth-order valence-electron chi connectivity index (χ4n) is 1.72. The third-order valence-electron chi connectivity index (χ3n) is 3.09.